The Morgan fingerprint density at radius 3 is 2.71 bits per heavy atom. The summed E-state index contributed by atoms with van der Waals surface area (Å²) >= 11 is 0. The van der Waals surface area contributed by atoms with Gasteiger partial charge in [-0.05, 0) is 71.4 Å². The highest BCUT2D eigenvalue weighted by Crippen LogP contribution is 2.44. The highest BCUT2D eigenvalue weighted by atomic mass is 19.1. The van der Waals surface area contributed by atoms with Gasteiger partial charge in [0, 0.05) is 31.2 Å². The number of hydrogen-bond donors (Lipinski definition) is 0. The SMILES string of the molecule is CC(C)N(C(=O)c1cc(F)ccc1Oc1cncnc1N1CC2(CCN(C)CC2)C1)C1CCOC1. The number of ether oxygens (including phenoxy) is 2. The van der Waals surface area contributed by atoms with Crippen molar-refractivity contribution in [3.8, 4) is 11.5 Å². The number of benzene rings is 1. The van der Waals surface area contributed by atoms with Gasteiger partial charge in [-0.3, -0.25) is 4.79 Å². The fourth-order valence-electron chi connectivity index (χ4n) is 5.52. The third-order valence-electron chi connectivity index (χ3n) is 7.54. The van der Waals surface area contributed by atoms with Crippen LogP contribution in [0.1, 0.15) is 43.5 Å². The number of rotatable bonds is 6. The molecule has 35 heavy (non-hydrogen) atoms. The summed E-state index contributed by atoms with van der Waals surface area (Å²) in [6.45, 7) is 9.09. The smallest absolute Gasteiger partial charge is 0.258 e. The normalized spacial score (nSPS) is 21.9. The Morgan fingerprint density at radius 1 is 1.26 bits per heavy atom. The molecule has 4 heterocycles. The number of aromatic nitrogens is 2. The molecule has 1 aromatic carbocycles. The van der Waals surface area contributed by atoms with E-state index in [0.717, 1.165) is 32.6 Å². The molecule has 9 heteroatoms. The lowest BCUT2D eigenvalue weighted by atomic mass is 9.72. The van der Waals surface area contributed by atoms with Crippen LogP contribution in [-0.4, -0.2) is 84.2 Å². The van der Waals surface area contributed by atoms with Crippen molar-refractivity contribution in [1.29, 1.82) is 0 Å². The molecule has 5 rings (SSSR count). The molecule has 1 amide bonds. The van der Waals surface area contributed by atoms with Crippen molar-refractivity contribution in [3.63, 3.8) is 0 Å². The molecule has 3 saturated heterocycles. The van der Waals surface area contributed by atoms with Crippen LogP contribution in [-0.2, 0) is 4.74 Å². The highest BCUT2D eigenvalue weighted by molar-refractivity contribution is 5.97. The molecular weight excluding hydrogens is 449 g/mol. The highest BCUT2D eigenvalue weighted by Gasteiger charge is 2.45. The van der Waals surface area contributed by atoms with Crippen LogP contribution < -0.4 is 9.64 Å². The summed E-state index contributed by atoms with van der Waals surface area (Å²) in [7, 11) is 2.17. The Hall–Kier alpha value is -2.78. The standard InChI is InChI=1S/C26H34FN5O3/c1-18(2)32(20-6-11-34-14-20)25(33)21-12-19(27)4-5-22(21)35-23-13-28-17-29-24(23)31-15-26(16-31)7-9-30(3)10-8-26/h4-5,12-13,17-18,20H,6-11,14-16H2,1-3H3. The first kappa shape index (κ1) is 23.9. The van der Waals surface area contributed by atoms with E-state index in [9.17, 15) is 9.18 Å². The minimum atomic E-state index is -0.483. The Morgan fingerprint density at radius 2 is 2.03 bits per heavy atom. The summed E-state index contributed by atoms with van der Waals surface area (Å²) in [6, 6.07) is 3.97. The van der Waals surface area contributed by atoms with Crippen LogP contribution in [0.25, 0.3) is 0 Å². The lowest BCUT2D eigenvalue weighted by Gasteiger charge is -2.54. The molecule has 2 aromatic rings. The van der Waals surface area contributed by atoms with E-state index < -0.39 is 5.82 Å². The van der Waals surface area contributed by atoms with Crippen LogP contribution >= 0.6 is 0 Å². The van der Waals surface area contributed by atoms with Crippen LogP contribution in [0.5, 0.6) is 11.5 Å². The summed E-state index contributed by atoms with van der Waals surface area (Å²) in [5.41, 5.74) is 0.517. The molecule has 0 aliphatic carbocycles. The van der Waals surface area contributed by atoms with E-state index >= 15 is 0 Å². The van der Waals surface area contributed by atoms with Crippen molar-refractivity contribution in [1.82, 2.24) is 19.8 Å². The maximum Gasteiger partial charge on any atom is 0.258 e. The van der Waals surface area contributed by atoms with Gasteiger partial charge < -0.3 is 24.2 Å². The largest absolute Gasteiger partial charge is 0.451 e. The summed E-state index contributed by atoms with van der Waals surface area (Å²) in [5, 5.41) is 0. The van der Waals surface area contributed by atoms with Crippen LogP contribution in [0.2, 0.25) is 0 Å². The molecule has 0 bridgehead atoms. The zero-order valence-corrected chi connectivity index (χ0v) is 20.7. The third-order valence-corrected chi connectivity index (χ3v) is 7.54. The number of piperidine rings is 1. The van der Waals surface area contributed by atoms with Crippen molar-refractivity contribution in [2.45, 2.75) is 45.2 Å². The average molecular weight is 484 g/mol. The van der Waals surface area contributed by atoms with Gasteiger partial charge in [-0.25, -0.2) is 14.4 Å². The molecular formula is C26H34FN5O3. The first-order chi connectivity index (χ1) is 16.8. The molecule has 188 valence electrons. The lowest BCUT2D eigenvalue weighted by Crippen LogP contribution is -2.60. The number of halogens is 1. The predicted octanol–water partition coefficient (Wildman–Crippen LogP) is 3.58. The first-order valence-corrected chi connectivity index (χ1v) is 12.5. The summed E-state index contributed by atoms with van der Waals surface area (Å²) < 4.78 is 26.1. The van der Waals surface area contributed by atoms with E-state index in [1.54, 1.807) is 11.1 Å². The summed E-state index contributed by atoms with van der Waals surface area (Å²) in [5.74, 6) is 0.723. The quantitative estimate of drug-likeness (QED) is 0.622. The molecule has 1 unspecified atom stereocenters. The minimum absolute atomic E-state index is 0.0407. The molecule has 0 radical (unpaired) electrons. The minimum Gasteiger partial charge on any atom is -0.451 e. The third kappa shape index (κ3) is 4.84. The maximum atomic E-state index is 14.3. The number of amides is 1. The van der Waals surface area contributed by atoms with Gasteiger partial charge in [0.1, 0.15) is 17.9 Å². The molecule has 8 nitrogen and oxygen atoms in total. The summed E-state index contributed by atoms with van der Waals surface area (Å²) in [4.78, 5) is 28.7. The van der Waals surface area contributed by atoms with E-state index in [0.29, 0.717) is 35.9 Å². The zero-order valence-electron chi connectivity index (χ0n) is 20.7. The molecule has 0 N–H and O–H groups in total. The molecule has 3 aliphatic rings. The monoisotopic (exact) mass is 483 g/mol. The summed E-state index contributed by atoms with van der Waals surface area (Å²) in [6.07, 6.45) is 6.24. The maximum absolute atomic E-state index is 14.3. The number of anilines is 1. The fraction of sp³-hybridized carbons (Fsp3) is 0.577. The van der Waals surface area contributed by atoms with E-state index in [1.807, 2.05) is 13.8 Å². The molecule has 0 saturated carbocycles. The van der Waals surface area contributed by atoms with Gasteiger partial charge in [-0.2, -0.15) is 0 Å². The van der Waals surface area contributed by atoms with Gasteiger partial charge in [-0.1, -0.05) is 0 Å². The fourth-order valence-corrected chi connectivity index (χ4v) is 5.52. The van der Waals surface area contributed by atoms with Gasteiger partial charge in [0.2, 0.25) is 0 Å². The van der Waals surface area contributed by atoms with Gasteiger partial charge in [0.25, 0.3) is 5.91 Å². The van der Waals surface area contributed by atoms with Crippen molar-refractivity contribution < 1.29 is 18.7 Å². The van der Waals surface area contributed by atoms with Crippen molar-refractivity contribution in [3.05, 3.63) is 42.1 Å². The van der Waals surface area contributed by atoms with Gasteiger partial charge in [0.15, 0.2) is 11.6 Å². The number of nitrogens with zero attached hydrogens (tertiary/aromatic N) is 5. The Bertz CT molecular complexity index is 1060. The van der Waals surface area contributed by atoms with Gasteiger partial charge >= 0.3 is 0 Å². The van der Waals surface area contributed by atoms with Crippen molar-refractivity contribution >= 4 is 11.7 Å². The van der Waals surface area contributed by atoms with E-state index in [2.05, 4.69) is 26.8 Å². The number of carbonyl (C=O) groups is 1. The number of carbonyl (C=O) groups excluding carboxylic acids is 1. The lowest BCUT2D eigenvalue weighted by molar-refractivity contribution is 0.0578. The Labute approximate surface area is 206 Å². The van der Waals surface area contributed by atoms with E-state index in [4.69, 9.17) is 9.47 Å². The molecule has 1 atom stereocenters. The molecule has 1 aromatic heterocycles. The van der Waals surface area contributed by atoms with Crippen LogP contribution in [0.15, 0.2) is 30.7 Å². The second-order valence-electron chi connectivity index (χ2n) is 10.4. The van der Waals surface area contributed by atoms with Crippen molar-refractivity contribution in [2.75, 3.05) is 51.3 Å². The van der Waals surface area contributed by atoms with Crippen LogP contribution in [0.3, 0.4) is 0 Å². The number of hydrogen-bond acceptors (Lipinski definition) is 7. The van der Waals surface area contributed by atoms with E-state index in [1.165, 1.54) is 37.4 Å². The average Bonchev–Trinajstić information content (AvgIpc) is 3.34. The predicted molar refractivity (Wildman–Crippen MR) is 130 cm³/mol. The Kier molecular flexibility index (Phi) is 6.63. The second kappa shape index (κ2) is 9.70. The molecule has 1 spiro atoms. The van der Waals surface area contributed by atoms with Gasteiger partial charge in [0.05, 0.1) is 24.4 Å². The number of likely N-dealkylation sites (tertiary alicyclic amines) is 1. The Balaban J connectivity index is 1.39. The van der Waals surface area contributed by atoms with E-state index in [-0.39, 0.29) is 23.6 Å². The molecule has 3 aliphatic heterocycles. The topological polar surface area (TPSA) is 71.0 Å². The van der Waals surface area contributed by atoms with Crippen LogP contribution in [0, 0.1) is 11.2 Å². The van der Waals surface area contributed by atoms with Gasteiger partial charge in [-0.15, -0.1) is 0 Å². The first-order valence-electron chi connectivity index (χ1n) is 12.5. The second-order valence-corrected chi connectivity index (χ2v) is 10.4. The van der Waals surface area contributed by atoms with Crippen molar-refractivity contribution in [2.24, 2.45) is 5.41 Å². The van der Waals surface area contributed by atoms with Crippen LogP contribution in [0.4, 0.5) is 10.2 Å². The zero-order chi connectivity index (χ0) is 24.6. The molecule has 3 fully saturated rings.